The summed E-state index contributed by atoms with van der Waals surface area (Å²) in [6, 6.07) is 10.2. The first-order valence-electron chi connectivity index (χ1n) is 8.14. The number of allylic oxidation sites excluding steroid dienone is 3. The molecule has 0 aromatic heterocycles. The maximum atomic E-state index is 12.7. The van der Waals surface area contributed by atoms with Crippen LogP contribution in [-0.2, 0) is 9.59 Å². The van der Waals surface area contributed by atoms with Crippen LogP contribution in [0.5, 0.6) is 0 Å². The van der Waals surface area contributed by atoms with Crippen LogP contribution in [0.25, 0.3) is 0 Å². The Kier molecular flexibility index (Phi) is 3.27. The number of nitrogens with one attached hydrogen (secondary N) is 1. The predicted molar refractivity (Wildman–Crippen MR) is 87.3 cm³/mol. The standard InChI is InChI=1S/C19H17N3O2/c1-11-5-7-12(8-6-11)17-13(9-20)19-21-16(24)10-22(19)14-3-2-4-15(23)18(14)17/h5-8,17H,2-4,10H2,1H3,(H,21,24). The number of benzene rings is 1. The topological polar surface area (TPSA) is 73.2 Å². The lowest BCUT2D eigenvalue weighted by atomic mass is 9.76. The van der Waals surface area contributed by atoms with Gasteiger partial charge in [0.1, 0.15) is 12.4 Å². The molecule has 1 aromatic rings. The molecular weight excluding hydrogens is 302 g/mol. The fraction of sp³-hybridized carbons (Fsp3) is 0.316. The van der Waals surface area contributed by atoms with E-state index in [9.17, 15) is 14.9 Å². The molecule has 1 N–H and O–H groups in total. The number of hydrogen-bond donors (Lipinski definition) is 1. The van der Waals surface area contributed by atoms with Crippen LogP contribution >= 0.6 is 0 Å². The van der Waals surface area contributed by atoms with Crippen molar-refractivity contribution in [2.24, 2.45) is 0 Å². The van der Waals surface area contributed by atoms with Crippen LogP contribution in [0.3, 0.4) is 0 Å². The van der Waals surface area contributed by atoms with Crippen molar-refractivity contribution in [3.05, 3.63) is 58.1 Å². The highest BCUT2D eigenvalue weighted by Gasteiger charge is 2.43. The largest absolute Gasteiger partial charge is 0.321 e. The summed E-state index contributed by atoms with van der Waals surface area (Å²) in [4.78, 5) is 26.4. The van der Waals surface area contributed by atoms with Crippen LogP contribution in [0, 0.1) is 18.3 Å². The van der Waals surface area contributed by atoms with Gasteiger partial charge in [-0.3, -0.25) is 9.59 Å². The first kappa shape index (κ1) is 14.7. The number of nitrogens with zero attached hydrogens (tertiary/aromatic N) is 2. The van der Waals surface area contributed by atoms with Crippen molar-refractivity contribution in [1.29, 1.82) is 5.26 Å². The number of ketones is 1. The Morgan fingerprint density at radius 2 is 1.96 bits per heavy atom. The Morgan fingerprint density at radius 1 is 1.21 bits per heavy atom. The first-order chi connectivity index (χ1) is 11.6. The number of carbonyl (C=O) groups is 2. The third-order valence-electron chi connectivity index (χ3n) is 4.95. The third-order valence-corrected chi connectivity index (χ3v) is 4.95. The van der Waals surface area contributed by atoms with E-state index in [-0.39, 0.29) is 24.2 Å². The maximum Gasteiger partial charge on any atom is 0.245 e. The molecule has 2 aliphatic heterocycles. The lowest BCUT2D eigenvalue weighted by Gasteiger charge is -2.36. The van der Waals surface area contributed by atoms with Gasteiger partial charge in [-0.2, -0.15) is 5.26 Å². The molecule has 0 spiro atoms. The molecule has 1 unspecified atom stereocenters. The van der Waals surface area contributed by atoms with Gasteiger partial charge in [0.15, 0.2) is 5.78 Å². The van der Waals surface area contributed by atoms with Crippen molar-refractivity contribution in [3.63, 3.8) is 0 Å². The van der Waals surface area contributed by atoms with Crippen LogP contribution in [0.1, 0.15) is 36.3 Å². The van der Waals surface area contributed by atoms with Gasteiger partial charge in [0.05, 0.1) is 17.6 Å². The van der Waals surface area contributed by atoms with Gasteiger partial charge >= 0.3 is 0 Å². The van der Waals surface area contributed by atoms with Crippen LogP contribution in [0.4, 0.5) is 0 Å². The van der Waals surface area contributed by atoms with Crippen LogP contribution in [-0.4, -0.2) is 23.1 Å². The van der Waals surface area contributed by atoms with E-state index in [0.29, 0.717) is 23.4 Å². The number of Topliss-reactive ketones (excluding diaryl/α,β-unsaturated/α-hetero) is 1. The Labute approximate surface area is 140 Å². The third kappa shape index (κ3) is 2.07. The molecule has 3 aliphatic rings. The normalized spacial score (nSPS) is 23.0. The Hall–Kier alpha value is -2.87. The molecule has 1 atom stereocenters. The average Bonchev–Trinajstić information content (AvgIpc) is 2.96. The lowest BCUT2D eigenvalue weighted by molar-refractivity contribution is -0.119. The minimum absolute atomic E-state index is 0.0907. The summed E-state index contributed by atoms with van der Waals surface area (Å²) < 4.78 is 0. The average molecular weight is 319 g/mol. The lowest BCUT2D eigenvalue weighted by Crippen LogP contribution is -2.34. The van der Waals surface area contributed by atoms with Gasteiger partial charge in [0.2, 0.25) is 5.91 Å². The predicted octanol–water partition coefficient (Wildman–Crippen LogP) is 2.27. The molecule has 24 heavy (non-hydrogen) atoms. The van der Waals surface area contributed by atoms with Crippen molar-refractivity contribution in [2.75, 3.05) is 6.54 Å². The molecule has 0 radical (unpaired) electrons. The number of fused-ring (bicyclic) bond motifs is 2. The first-order valence-corrected chi connectivity index (χ1v) is 8.14. The SMILES string of the molecule is Cc1ccc(C2C(C#N)=C3NC(=O)CN3C3=C2C(=O)CCC3)cc1. The molecule has 2 heterocycles. The molecule has 1 saturated heterocycles. The van der Waals surface area contributed by atoms with E-state index in [4.69, 9.17) is 0 Å². The molecule has 1 fully saturated rings. The van der Waals surface area contributed by atoms with Gasteiger partial charge in [0, 0.05) is 17.7 Å². The maximum absolute atomic E-state index is 12.7. The molecular formula is C19H17N3O2. The van der Waals surface area contributed by atoms with Crippen molar-refractivity contribution in [1.82, 2.24) is 10.2 Å². The summed E-state index contributed by atoms with van der Waals surface area (Å²) in [6.45, 7) is 2.19. The minimum atomic E-state index is -0.386. The van der Waals surface area contributed by atoms with Crippen molar-refractivity contribution in [3.8, 4) is 6.07 Å². The summed E-state index contributed by atoms with van der Waals surface area (Å²) in [6.07, 6.45) is 2.06. The van der Waals surface area contributed by atoms with E-state index in [2.05, 4.69) is 11.4 Å². The minimum Gasteiger partial charge on any atom is -0.321 e. The Bertz CT molecular complexity index is 856. The summed E-state index contributed by atoms with van der Waals surface area (Å²) in [7, 11) is 0. The van der Waals surface area contributed by atoms with Crippen molar-refractivity contribution in [2.45, 2.75) is 32.1 Å². The molecule has 0 bridgehead atoms. The number of hydrogen-bond acceptors (Lipinski definition) is 4. The highest BCUT2D eigenvalue weighted by molar-refractivity contribution is 6.00. The number of nitriles is 1. The zero-order chi connectivity index (χ0) is 16.8. The number of carbonyl (C=O) groups excluding carboxylic acids is 2. The fourth-order valence-electron chi connectivity index (χ4n) is 3.85. The highest BCUT2D eigenvalue weighted by Crippen LogP contribution is 2.45. The molecule has 4 rings (SSSR count). The monoisotopic (exact) mass is 319 g/mol. The molecule has 5 heteroatoms. The van der Waals surface area contributed by atoms with Gasteiger partial charge in [-0.1, -0.05) is 29.8 Å². The van der Waals surface area contributed by atoms with Gasteiger partial charge in [-0.25, -0.2) is 0 Å². The smallest absolute Gasteiger partial charge is 0.245 e. The van der Waals surface area contributed by atoms with Gasteiger partial charge in [-0.15, -0.1) is 0 Å². The second-order valence-electron chi connectivity index (χ2n) is 6.49. The van der Waals surface area contributed by atoms with Crippen molar-refractivity contribution >= 4 is 11.7 Å². The summed E-state index contributed by atoms with van der Waals surface area (Å²) in [5, 5.41) is 12.6. The molecule has 0 saturated carbocycles. The van der Waals surface area contributed by atoms with Crippen molar-refractivity contribution < 1.29 is 9.59 Å². The van der Waals surface area contributed by atoms with E-state index in [1.807, 2.05) is 36.1 Å². The number of amides is 1. The highest BCUT2D eigenvalue weighted by atomic mass is 16.2. The van der Waals surface area contributed by atoms with E-state index in [1.165, 1.54) is 0 Å². The zero-order valence-electron chi connectivity index (χ0n) is 13.4. The Balaban J connectivity index is 1.95. The van der Waals surface area contributed by atoms with E-state index in [0.717, 1.165) is 29.7 Å². The van der Waals surface area contributed by atoms with E-state index < -0.39 is 0 Å². The second kappa shape index (κ2) is 5.34. The summed E-state index contributed by atoms with van der Waals surface area (Å²) in [5.74, 6) is 0.129. The van der Waals surface area contributed by atoms with E-state index >= 15 is 0 Å². The quantitative estimate of drug-likeness (QED) is 0.862. The molecule has 1 amide bonds. The fourth-order valence-corrected chi connectivity index (χ4v) is 3.85. The van der Waals surface area contributed by atoms with Crippen LogP contribution in [0.2, 0.25) is 0 Å². The number of aryl methyl sites for hydroxylation is 1. The zero-order valence-corrected chi connectivity index (χ0v) is 13.4. The second-order valence-corrected chi connectivity index (χ2v) is 6.49. The number of rotatable bonds is 1. The Morgan fingerprint density at radius 3 is 2.67 bits per heavy atom. The molecule has 120 valence electrons. The van der Waals surface area contributed by atoms with Crippen LogP contribution < -0.4 is 5.32 Å². The summed E-state index contributed by atoms with van der Waals surface area (Å²) in [5.41, 5.74) is 4.11. The molecule has 1 aromatic carbocycles. The van der Waals surface area contributed by atoms with Gasteiger partial charge in [0.25, 0.3) is 0 Å². The van der Waals surface area contributed by atoms with Crippen LogP contribution in [0.15, 0.2) is 46.9 Å². The molecule has 1 aliphatic carbocycles. The van der Waals surface area contributed by atoms with E-state index in [1.54, 1.807) is 0 Å². The summed E-state index contributed by atoms with van der Waals surface area (Å²) >= 11 is 0. The molecule has 5 nitrogen and oxygen atoms in total. The van der Waals surface area contributed by atoms with Gasteiger partial charge < -0.3 is 10.2 Å². The van der Waals surface area contributed by atoms with Gasteiger partial charge in [-0.05, 0) is 25.3 Å².